The molecule has 10 heteroatoms. The van der Waals surface area contributed by atoms with Crippen molar-refractivity contribution >= 4 is 10.0 Å². The third-order valence-corrected chi connectivity index (χ3v) is 1.88. The van der Waals surface area contributed by atoms with Crippen LogP contribution in [0.25, 0.3) is 0 Å². The fourth-order valence-electron chi connectivity index (χ4n) is 0.201. The molecule has 0 atom stereocenters. The van der Waals surface area contributed by atoms with E-state index in [0.29, 0.717) is 0 Å². The highest BCUT2D eigenvalue weighted by Crippen LogP contribution is 2.39. The van der Waals surface area contributed by atoms with Gasteiger partial charge in [-0.2, -0.15) is 22.0 Å². The summed E-state index contributed by atoms with van der Waals surface area (Å²) in [5, 5.41) is -6.13. The lowest BCUT2D eigenvalue weighted by Gasteiger charge is -2.16. The van der Waals surface area contributed by atoms with E-state index in [4.69, 9.17) is 0 Å². The highest BCUT2D eigenvalue weighted by molar-refractivity contribution is 7.90. The van der Waals surface area contributed by atoms with Crippen LogP contribution in [0.2, 0.25) is 0 Å². The maximum absolute atomic E-state index is 11.7. The van der Waals surface area contributed by atoms with Crippen LogP contribution in [0.1, 0.15) is 0 Å². The molecule has 0 heterocycles. The number of halogens is 6. The standard InChI is InChI=1S/C2HF6NO2S/c3-1(4,5)2(6,7)12(10,11)9-8/h9H. The summed E-state index contributed by atoms with van der Waals surface area (Å²) in [4.78, 5) is -0.610. The summed E-state index contributed by atoms with van der Waals surface area (Å²) in [5.74, 6) is 0. The second-order valence-electron chi connectivity index (χ2n) is 1.60. The van der Waals surface area contributed by atoms with Crippen LogP contribution in [0.15, 0.2) is 0 Å². The molecule has 0 bridgehead atoms. The van der Waals surface area contributed by atoms with E-state index in [1.54, 1.807) is 0 Å². The van der Waals surface area contributed by atoms with Gasteiger partial charge in [0.05, 0.1) is 0 Å². The largest absolute Gasteiger partial charge is 0.471 e. The van der Waals surface area contributed by atoms with Crippen LogP contribution < -0.4 is 4.94 Å². The fourth-order valence-corrected chi connectivity index (χ4v) is 0.602. The molecule has 0 amide bonds. The van der Waals surface area contributed by atoms with Gasteiger partial charge in [0.2, 0.25) is 0 Å². The second kappa shape index (κ2) is 2.76. The summed E-state index contributed by atoms with van der Waals surface area (Å²) in [7, 11) is -6.33. The molecule has 0 aliphatic rings. The van der Waals surface area contributed by atoms with Gasteiger partial charge < -0.3 is 0 Å². The van der Waals surface area contributed by atoms with E-state index in [0.717, 1.165) is 0 Å². The predicted octanol–water partition coefficient (Wildman–Crippen LogP) is 0.945. The van der Waals surface area contributed by atoms with Crippen molar-refractivity contribution in [3.05, 3.63) is 0 Å². The first-order valence-corrected chi connectivity index (χ1v) is 3.61. The first kappa shape index (κ1) is 11.5. The Balaban J connectivity index is 5.14. The van der Waals surface area contributed by atoms with Crippen LogP contribution >= 0.6 is 0 Å². The third-order valence-electron chi connectivity index (χ3n) is 0.769. The average molecular weight is 217 g/mol. The SMILES string of the molecule is O=S(=O)(NF)C(F)(F)C(F)(F)F. The number of nitrogens with one attached hydrogen (secondary N) is 1. The molecule has 0 aliphatic carbocycles. The minimum atomic E-state index is -6.34. The Bertz CT molecular complexity index is 253. The normalized spacial score (nSPS) is 14.8. The number of rotatable bonds is 2. The van der Waals surface area contributed by atoms with Crippen molar-refractivity contribution in [3.63, 3.8) is 0 Å². The molecule has 0 radical (unpaired) electrons. The van der Waals surface area contributed by atoms with E-state index in [2.05, 4.69) is 0 Å². The lowest BCUT2D eigenvalue weighted by molar-refractivity contribution is -0.242. The maximum Gasteiger partial charge on any atom is 0.471 e. The summed E-state index contributed by atoms with van der Waals surface area (Å²) in [6.45, 7) is 0. The van der Waals surface area contributed by atoms with Gasteiger partial charge >= 0.3 is 21.5 Å². The number of hydrogen-bond donors (Lipinski definition) is 1. The highest BCUT2D eigenvalue weighted by atomic mass is 32.2. The van der Waals surface area contributed by atoms with Crippen molar-refractivity contribution in [2.45, 2.75) is 11.4 Å². The first-order chi connectivity index (χ1) is 5.06. The molecular formula is C2HF6NO2S. The first-order valence-electron chi connectivity index (χ1n) is 2.13. The monoisotopic (exact) mass is 217 g/mol. The minimum absolute atomic E-state index is 0.610. The molecule has 0 spiro atoms. The van der Waals surface area contributed by atoms with Crippen LogP contribution in [0.4, 0.5) is 26.4 Å². The molecule has 0 aromatic rings. The molecule has 0 saturated carbocycles. The van der Waals surface area contributed by atoms with Gasteiger partial charge in [0.1, 0.15) is 0 Å². The third kappa shape index (κ3) is 1.63. The Labute approximate surface area is 62.3 Å². The molecule has 0 aliphatic heterocycles. The molecule has 3 nitrogen and oxygen atoms in total. The molecule has 0 unspecified atom stereocenters. The topological polar surface area (TPSA) is 46.2 Å². The summed E-state index contributed by atoms with van der Waals surface area (Å²) in [6, 6.07) is 0. The molecule has 74 valence electrons. The summed E-state index contributed by atoms with van der Waals surface area (Å²) in [5.41, 5.74) is 0. The molecule has 0 rings (SSSR count). The van der Waals surface area contributed by atoms with Crippen molar-refractivity contribution in [2.75, 3.05) is 0 Å². The van der Waals surface area contributed by atoms with Gasteiger partial charge in [0.15, 0.2) is 0 Å². The van der Waals surface area contributed by atoms with Gasteiger partial charge in [-0.15, -0.1) is 4.48 Å². The maximum atomic E-state index is 11.7. The Morgan fingerprint density at radius 2 is 1.33 bits per heavy atom. The van der Waals surface area contributed by atoms with E-state index >= 15 is 0 Å². The van der Waals surface area contributed by atoms with Crippen molar-refractivity contribution in [3.8, 4) is 0 Å². The molecule has 0 aromatic carbocycles. The molecule has 0 saturated heterocycles. The van der Waals surface area contributed by atoms with Crippen LogP contribution in [0, 0.1) is 0 Å². The van der Waals surface area contributed by atoms with Gasteiger partial charge in [0, 0.05) is 0 Å². The minimum Gasteiger partial charge on any atom is -0.203 e. The Morgan fingerprint density at radius 3 is 1.42 bits per heavy atom. The lowest BCUT2D eigenvalue weighted by Crippen LogP contribution is -2.47. The Morgan fingerprint density at radius 1 is 1.00 bits per heavy atom. The Hall–Kier alpha value is -0.510. The predicted molar refractivity (Wildman–Crippen MR) is 24.2 cm³/mol. The molecule has 12 heavy (non-hydrogen) atoms. The zero-order chi connectivity index (χ0) is 10.2. The summed E-state index contributed by atoms with van der Waals surface area (Å²) >= 11 is 0. The second-order valence-corrected chi connectivity index (χ2v) is 3.27. The molecule has 0 fully saturated rings. The van der Waals surface area contributed by atoms with E-state index in [9.17, 15) is 34.9 Å². The molecular weight excluding hydrogens is 216 g/mol. The van der Waals surface area contributed by atoms with Crippen molar-refractivity contribution in [2.24, 2.45) is 0 Å². The van der Waals surface area contributed by atoms with Crippen LogP contribution in [0.3, 0.4) is 0 Å². The van der Waals surface area contributed by atoms with Crippen molar-refractivity contribution in [1.29, 1.82) is 0 Å². The van der Waals surface area contributed by atoms with Gasteiger partial charge in [-0.05, 0) is 4.94 Å². The quantitative estimate of drug-likeness (QED) is 0.552. The van der Waals surface area contributed by atoms with Crippen LogP contribution in [-0.2, 0) is 10.0 Å². The summed E-state index contributed by atoms with van der Waals surface area (Å²) in [6.07, 6.45) is -6.34. The number of alkyl halides is 5. The van der Waals surface area contributed by atoms with Crippen LogP contribution in [-0.4, -0.2) is 19.8 Å². The Kier molecular flexibility index (Phi) is 2.65. The highest BCUT2D eigenvalue weighted by Gasteiger charge is 2.67. The van der Waals surface area contributed by atoms with Crippen molar-refractivity contribution < 1.29 is 34.9 Å². The van der Waals surface area contributed by atoms with Crippen LogP contribution in [0.5, 0.6) is 0 Å². The fraction of sp³-hybridized carbons (Fsp3) is 1.00. The van der Waals surface area contributed by atoms with E-state index in [1.165, 1.54) is 0 Å². The van der Waals surface area contributed by atoms with Gasteiger partial charge in [-0.1, -0.05) is 0 Å². The van der Waals surface area contributed by atoms with E-state index in [-0.39, 0.29) is 0 Å². The smallest absolute Gasteiger partial charge is 0.203 e. The molecule has 0 aromatic heterocycles. The number of sulfonamides is 1. The summed E-state index contributed by atoms with van der Waals surface area (Å²) < 4.78 is 87.3. The zero-order valence-electron chi connectivity index (χ0n) is 4.99. The van der Waals surface area contributed by atoms with E-state index < -0.39 is 26.4 Å². The van der Waals surface area contributed by atoms with Gasteiger partial charge in [-0.3, -0.25) is 0 Å². The average Bonchev–Trinajstić information content (AvgIpc) is 1.85. The van der Waals surface area contributed by atoms with Gasteiger partial charge in [0.25, 0.3) is 0 Å². The van der Waals surface area contributed by atoms with E-state index in [1.807, 2.05) is 0 Å². The lowest BCUT2D eigenvalue weighted by atomic mass is 10.7. The zero-order valence-corrected chi connectivity index (χ0v) is 5.81. The van der Waals surface area contributed by atoms with Crippen molar-refractivity contribution in [1.82, 2.24) is 4.94 Å². The van der Waals surface area contributed by atoms with Gasteiger partial charge in [-0.25, -0.2) is 8.42 Å². The molecule has 1 N–H and O–H groups in total. The number of hydrogen-bond acceptors (Lipinski definition) is 2.